The van der Waals surface area contributed by atoms with E-state index < -0.39 is 0 Å². The molecule has 0 radical (unpaired) electrons. The summed E-state index contributed by atoms with van der Waals surface area (Å²) in [5.41, 5.74) is 5.37. The molecule has 6 nitrogen and oxygen atoms in total. The molecular formula is C7H12N4O2S. The maximum Gasteiger partial charge on any atom is 0.307 e. The number of ether oxygens (including phenoxy) is 1. The number of nitrogens with zero attached hydrogens (tertiary/aromatic N) is 2. The highest BCUT2D eigenvalue weighted by atomic mass is 32.1. The number of carbonyl (C=O) groups is 1. The molecule has 0 spiro atoms. The monoisotopic (exact) mass is 216 g/mol. The summed E-state index contributed by atoms with van der Waals surface area (Å²) in [6, 6.07) is 0. The lowest BCUT2D eigenvalue weighted by molar-refractivity contribution is -0.142. The van der Waals surface area contributed by atoms with E-state index in [4.69, 9.17) is 10.5 Å². The smallest absolute Gasteiger partial charge is 0.307 e. The molecule has 78 valence electrons. The van der Waals surface area contributed by atoms with Crippen LogP contribution in [0.4, 0.5) is 10.3 Å². The largest absolute Gasteiger partial charge is 0.466 e. The summed E-state index contributed by atoms with van der Waals surface area (Å²) in [6.45, 7) is 2.66. The lowest BCUT2D eigenvalue weighted by Crippen LogP contribution is -2.11. The minimum absolute atomic E-state index is 0.225. The summed E-state index contributed by atoms with van der Waals surface area (Å²) in [5.74, 6) is -0.225. The van der Waals surface area contributed by atoms with Gasteiger partial charge in [-0.05, 0) is 6.92 Å². The molecular weight excluding hydrogens is 204 g/mol. The molecule has 1 aromatic heterocycles. The topological polar surface area (TPSA) is 90.1 Å². The van der Waals surface area contributed by atoms with E-state index >= 15 is 0 Å². The van der Waals surface area contributed by atoms with Crippen molar-refractivity contribution < 1.29 is 9.53 Å². The number of nitrogens with one attached hydrogen (secondary N) is 1. The number of rotatable bonds is 5. The van der Waals surface area contributed by atoms with Gasteiger partial charge in [-0.15, -0.1) is 10.2 Å². The molecule has 0 saturated carbocycles. The van der Waals surface area contributed by atoms with Gasteiger partial charge in [0.15, 0.2) is 0 Å². The van der Waals surface area contributed by atoms with Gasteiger partial charge in [-0.3, -0.25) is 4.79 Å². The number of anilines is 2. The van der Waals surface area contributed by atoms with Crippen LogP contribution >= 0.6 is 11.3 Å². The zero-order chi connectivity index (χ0) is 10.4. The van der Waals surface area contributed by atoms with Crippen LogP contribution in [0.15, 0.2) is 0 Å². The zero-order valence-corrected chi connectivity index (χ0v) is 8.63. The molecule has 7 heteroatoms. The van der Waals surface area contributed by atoms with Crippen LogP contribution in [0.5, 0.6) is 0 Å². The van der Waals surface area contributed by atoms with Crippen LogP contribution in [-0.2, 0) is 9.53 Å². The first-order chi connectivity index (χ1) is 6.72. The van der Waals surface area contributed by atoms with E-state index in [0.29, 0.717) is 29.8 Å². The van der Waals surface area contributed by atoms with Crippen LogP contribution in [0.25, 0.3) is 0 Å². The molecule has 0 atom stereocenters. The normalized spacial score (nSPS) is 9.79. The van der Waals surface area contributed by atoms with E-state index in [2.05, 4.69) is 15.5 Å². The van der Waals surface area contributed by atoms with Gasteiger partial charge < -0.3 is 15.8 Å². The summed E-state index contributed by atoms with van der Waals surface area (Å²) >= 11 is 1.25. The Bertz CT molecular complexity index is 302. The van der Waals surface area contributed by atoms with Crippen molar-refractivity contribution in [1.82, 2.24) is 10.2 Å². The molecule has 0 unspecified atom stereocenters. The number of hydrogen-bond donors (Lipinski definition) is 2. The Balaban J connectivity index is 2.18. The summed E-state index contributed by atoms with van der Waals surface area (Å²) < 4.78 is 4.75. The lowest BCUT2D eigenvalue weighted by Gasteiger charge is -2.01. The SMILES string of the molecule is CCOC(=O)CCNc1nnc(N)s1. The molecule has 3 N–H and O–H groups in total. The first kappa shape index (κ1) is 10.7. The van der Waals surface area contributed by atoms with E-state index in [1.54, 1.807) is 6.92 Å². The van der Waals surface area contributed by atoms with Crippen molar-refractivity contribution >= 4 is 27.6 Å². The number of aromatic nitrogens is 2. The number of carbonyl (C=O) groups excluding carboxylic acids is 1. The van der Waals surface area contributed by atoms with Crippen molar-refractivity contribution in [2.75, 3.05) is 24.2 Å². The number of nitrogens with two attached hydrogens (primary N) is 1. The minimum Gasteiger partial charge on any atom is -0.466 e. The van der Waals surface area contributed by atoms with E-state index in [-0.39, 0.29) is 5.97 Å². The van der Waals surface area contributed by atoms with Crippen molar-refractivity contribution in [3.63, 3.8) is 0 Å². The number of hydrogen-bond acceptors (Lipinski definition) is 7. The highest BCUT2D eigenvalue weighted by Crippen LogP contribution is 2.15. The Morgan fingerprint density at radius 1 is 1.64 bits per heavy atom. The highest BCUT2D eigenvalue weighted by Gasteiger charge is 2.03. The predicted octanol–water partition coefficient (Wildman–Crippen LogP) is 0.485. The van der Waals surface area contributed by atoms with Crippen molar-refractivity contribution in [3.05, 3.63) is 0 Å². The van der Waals surface area contributed by atoms with Crippen LogP contribution in [-0.4, -0.2) is 29.3 Å². The molecule has 14 heavy (non-hydrogen) atoms. The third kappa shape index (κ3) is 3.56. The molecule has 1 rings (SSSR count). The standard InChI is InChI=1S/C7H12N4O2S/c1-2-13-5(12)3-4-9-7-11-10-6(8)14-7/h2-4H2,1H3,(H2,8,10)(H,9,11). The van der Waals surface area contributed by atoms with Gasteiger partial charge in [0.2, 0.25) is 10.3 Å². The third-order valence-corrected chi connectivity index (χ3v) is 2.06. The second-order valence-corrected chi connectivity index (χ2v) is 3.44. The highest BCUT2D eigenvalue weighted by molar-refractivity contribution is 7.18. The van der Waals surface area contributed by atoms with E-state index in [0.717, 1.165) is 0 Å². The molecule has 0 aliphatic rings. The van der Waals surface area contributed by atoms with Crippen LogP contribution in [0.1, 0.15) is 13.3 Å². The van der Waals surface area contributed by atoms with Crippen molar-refractivity contribution in [2.45, 2.75) is 13.3 Å². The second kappa shape index (κ2) is 5.38. The van der Waals surface area contributed by atoms with Gasteiger partial charge in [-0.1, -0.05) is 11.3 Å². The van der Waals surface area contributed by atoms with Crippen LogP contribution in [0.3, 0.4) is 0 Å². The molecule has 0 saturated heterocycles. The average Bonchev–Trinajstić information content (AvgIpc) is 2.52. The van der Waals surface area contributed by atoms with Gasteiger partial charge in [0.1, 0.15) is 0 Å². The van der Waals surface area contributed by atoms with E-state index in [1.807, 2.05) is 0 Å². The maximum atomic E-state index is 10.9. The van der Waals surface area contributed by atoms with Gasteiger partial charge >= 0.3 is 5.97 Å². The lowest BCUT2D eigenvalue weighted by atomic mass is 10.4. The predicted molar refractivity (Wildman–Crippen MR) is 54.1 cm³/mol. The summed E-state index contributed by atoms with van der Waals surface area (Å²) in [4.78, 5) is 10.9. The molecule has 0 aliphatic heterocycles. The zero-order valence-electron chi connectivity index (χ0n) is 7.82. The van der Waals surface area contributed by atoms with E-state index in [9.17, 15) is 4.79 Å². The third-order valence-electron chi connectivity index (χ3n) is 1.35. The molecule has 1 heterocycles. The van der Waals surface area contributed by atoms with Crippen LogP contribution in [0.2, 0.25) is 0 Å². The Labute approximate surface area is 85.5 Å². The fourth-order valence-corrected chi connectivity index (χ4v) is 1.35. The van der Waals surface area contributed by atoms with Crippen molar-refractivity contribution in [3.8, 4) is 0 Å². The first-order valence-corrected chi connectivity index (χ1v) is 5.02. The van der Waals surface area contributed by atoms with Crippen molar-refractivity contribution in [1.29, 1.82) is 0 Å². The molecule has 0 fully saturated rings. The summed E-state index contributed by atoms with van der Waals surface area (Å²) in [5, 5.41) is 11.3. The van der Waals surface area contributed by atoms with Crippen molar-refractivity contribution in [2.24, 2.45) is 0 Å². The molecule has 0 amide bonds. The molecule has 0 aromatic carbocycles. The maximum absolute atomic E-state index is 10.9. The summed E-state index contributed by atoms with van der Waals surface area (Å²) in [6.07, 6.45) is 0.313. The minimum atomic E-state index is -0.225. The number of nitrogen functional groups attached to an aromatic ring is 1. The average molecular weight is 216 g/mol. The second-order valence-electron chi connectivity index (χ2n) is 2.43. The quantitative estimate of drug-likeness (QED) is 0.696. The summed E-state index contributed by atoms with van der Waals surface area (Å²) in [7, 11) is 0. The Morgan fingerprint density at radius 2 is 2.43 bits per heavy atom. The van der Waals surface area contributed by atoms with Crippen LogP contribution in [0, 0.1) is 0 Å². The van der Waals surface area contributed by atoms with E-state index in [1.165, 1.54) is 11.3 Å². The van der Waals surface area contributed by atoms with Gasteiger partial charge in [0.25, 0.3) is 0 Å². The van der Waals surface area contributed by atoms with Gasteiger partial charge in [0, 0.05) is 6.54 Å². The fraction of sp³-hybridized carbons (Fsp3) is 0.571. The first-order valence-electron chi connectivity index (χ1n) is 4.21. The number of esters is 1. The molecule has 1 aromatic rings. The molecule has 0 aliphatic carbocycles. The fourth-order valence-electron chi connectivity index (χ4n) is 0.811. The van der Waals surface area contributed by atoms with Crippen LogP contribution < -0.4 is 11.1 Å². The Morgan fingerprint density at radius 3 is 3.00 bits per heavy atom. The Kier molecular flexibility index (Phi) is 4.11. The molecule has 0 bridgehead atoms. The van der Waals surface area contributed by atoms with Gasteiger partial charge in [-0.25, -0.2) is 0 Å². The Hall–Kier alpha value is -1.37. The van der Waals surface area contributed by atoms with Gasteiger partial charge in [-0.2, -0.15) is 0 Å². The van der Waals surface area contributed by atoms with Gasteiger partial charge in [0.05, 0.1) is 13.0 Å².